The van der Waals surface area contributed by atoms with Crippen molar-refractivity contribution in [2.45, 2.75) is 0 Å². The van der Waals surface area contributed by atoms with Crippen LogP contribution in [-0.4, -0.2) is 9.79 Å². The molecular formula is C18H16NO3P. The molecule has 5 heteroatoms. The molecule has 0 bridgehead atoms. The molecule has 0 heterocycles. The minimum absolute atomic E-state index is 0.847. The van der Waals surface area contributed by atoms with Crippen molar-refractivity contribution in [2.75, 3.05) is 5.73 Å². The molecule has 0 aliphatic carbocycles. The molecule has 4 nitrogen and oxygen atoms in total. The van der Waals surface area contributed by atoms with Crippen LogP contribution in [0.1, 0.15) is 0 Å². The van der Waals surface area contributed by atoms with Gasteiger partial charge >= 0.3 is 8.25 Å². The molecule has 0 unspecified atom stereocenters. The summed E-state index contributed by atoms with van der Waals surface area (Å²) in [4.78, 5) is 14.3. The molecule has 0 amide bonds. The van der Waals surface area contributed by atoms with Crippen molar-refractivity contribution in [3.8, 4) is 0 Å². The number of benzene rings is 4. The zero-order valence-electron chi connectivity index (χ0n) is 12.2. The average molecular weight is 325 g/mol. The number of hydrogen-bond acceptors (Lipinski definition) is 2. The molecule has 0 aliphatic heterocycles. The zero-order valence-corrected chi connectivity index (χ0v) is 13.2. The molecule has 4 rings (SSSR count). The lowest BCUT2D eigenvalue weighted by Crippen LogP contribution is -1.89. The molecule has 0 radical (unpaired) electrons. The van der Waals surface area contributed by atoms with Gasteiger partial charge in [-0.3, -0.25) is 4.57 Å². The SMILES string of the molecule is Nc1cccc2c3ccccc3c3ccccc3c12.O=[PH](O)O. The van der Waals surface area contributed by atoms with Gasteiger partial charge in [0.2, 0.25) is 0 Å². The third-order valence-electron chi connectivity index (χ3n) is 3.80. The second-order valence-electron chi connectivity index (χ2n) is 5.14. The van der Waals surface area contributed by atoms with Gasteiger partial charge < -0.3 is 15.5 Å². The first-order valence-corrected chi connectivity index (χ1v) is 8.39. The number of anilines is 1. The van der Waals surface area contributed by atoms with E-state index in [9.17, 15) is 0 Å². The summed E-state index contributed by atoms with van der Waals surface area (Å²) in [6.07, 6.45) is 0. The minimum Gasteiger partial charge on any atom is -0.398 e. The largest absolute Gasteiger partial charge is 0.398 e. The van der Waals surface area contributed by atoms with E-state index in [1.165, 1.54) is 26.9 Å². The summed E-state index contributed by atoms with van der Waals surface area (Å²) in [5, 5.41) is 7.45. The highest BCUT2D eigenvalue weighted by Gasteiger charge is 2.09. The fourth-order valence-electron chi connectivity index (χ4n) is 2.98. The van der Waals surface area contributed by atoms with E-state index in [0.717, 1.165) is 11.1 Å². The van der Waals surface area contributed by atoms with Crippen molar-refractivity contribution < 1.29 is 14.4 Å². The Balaban J connectivity index is 0.000000354. The number of nitrogens with two attached hydrogens (primary N) is 1. The lowest BCUT2D eigenvalue weighted by molar-refractivity contribution is 0.405. The van der Waals surface area contributed by atoms with E-state index in [-0.39, 0.29) is 0 Å². The summed E-state index contributed by atoms with van der Waals surface area (Å²) in [6.45, 7) is 0. The second-order valence-corrected chi connectivity index (χ2v) is 5.71. The Labute approximate surface area is 133 Å². The quantitative estimate of drug-likeness (QED) is 0.258. The summed E-state index contributed by atoms with van der Waals surface area (Å²) < 4.78 is 8.74. The van der Waals surface area contributed by atoms with Gasteiger partial charge in [-0.05, 0) is 33.0 Å². The van der Waals surface area contributed by atoms with E-state index in [0.29, 0.717) is 0 Å². The molecule has 0 saturated heterocycles. The van der Waals surface area contributed by atoms with Crippen LogP contribution in [0.5, 0.6) is 0 Å². The van der Waals surface area contributed by atoms with Crippen LogP contribution in [0.2, 0.25) is 0 Å². The van der Waals surface area contributed by atoms with Crippen LogP contribution in [-0.2, 0) is 4.57 Å². The lowest BCUT2D eigenvalue weighted by Gasteiger charge is -2.11. The van der Waals surface area contributed by atoms with Crippen LogP contribution in [0.15, 0.2) is 66.7 Å². The number of hydrogen-bond donors (Lipinski definition) is 3. The van der Waals surface area contributed by atoms with Crippen molar-refractivity contribution in [3.63, 3.8) is 0 Å². The van der Waals surface area contributed by atoms with Crippen molar-refractivity contribution in [3.05, 3.63) is 66.7 Å². The zero-order chi connectivity index (χ0) is 16.4. The highest BCUT2D eigenvalue weighted by molar-refractivity contribution is 7.30. The Morgan fingerprint density at radius 1 is 0.652 bits per heavy atom. The van der Waals surface area contributed by atoms with Crippen LogP contribution in [0.3, 0.4) is 0 Å². The maximum absolute atomic E-state index is 8.74. The van der Waals surface area contributed by atoms with Gasteiger partial charge in [-0.2, -0.15) is 0 Å². The number of nitrogen functional groups attached to an aromatic ring is 1. The van der Waals surface area contributed by atoms with Crippen molar-refractivity contribution in [1.82, 2.24) is 0 Å². The van der Waals surface area contributed by atoms with E-state index >= 15 is 0 Å². The van der Waals surface area contributed by atoms with Crippen LogP contribution >= 0.6 is 8.25 Å². The predicted molar refractivity (Wildman–Crippen MR) is 96.8 cm³/mol. The number of rotatable bonds is 0. The topological polar surface area (TPSA) is 83.6 Å². The third kappa shape index (κ3) is 2.92. The minimum atomic E-state index is -3.13. The maximum atomic E-state index is 8.74. The first-order chi connectivity index (χ1) is 11.1. The van der Waals surface area contributed by atoms with Crippen molar-refractivity contribution >= 4 is 46.3 Å². The highest BCUT2D eigenvalue weighted by atomic mass is 31.1. The second kappa shape index (κ2) is 6.39. The molecule has 0 aromatic heterocycles. The van der Waals surface area contributed by atoms with E-state index in [4.69, 9.17) is 20.1 Å². The normalized spacial score (nSPS) is 10.9. The van der Waals surface area contributed by atoms with Gasteiger partial charge in [0, 0.05) is 11.1 Å². The Hall–Kier alpha value is -2.39. The summed E-state index contributed by atoms with van der Waals surface area (Å²) in [7, 11) is -3.13. The molecule has 0 aliphatic rings. The van der Waals surface area contributed by atoms with Gasteiger partial charge in [0.15, 0.2) is 0 Å². The van der Waals surface area contributed by atoms with Crippen molar-refractivity contribution in [1.29, 1.82) is 0 Å². The van der Waals surface area contributed by atoms with Gasteiger partial charge in [-0.15, -0.1) is 0 Å². The Kier molecular flexibility index (Phi) is 4.30. The van der Waals surface area contributed by atoms with E-state index in [1.807, 2.05) is 12.1 Å². The molecule has 4 aromatic rings. The molecule has 23 heavy (non-hydrogen) atoms. The summed E-state index contributed by atoms with van der Waals surface area (Å²) in [6, 6.07) is 23.2. The smallest absolute Gasteiger partial charge is 0.314 e. The number of fused-ring (bicyclic) bond motifs is 6. The summed E-state index contributed by atoms with van der Waals surface area (Å²) in [5.41, 5.74) is 7.06. The molecular weight excluding hydrogens is 309 g/mol. The Morgan fingerprint density at radius 2 is 1.00 bits per heavy atom. The lowest BCUT2D eigenvalue weighted by atomic mass is 9.94. The molecule has 116 valence electrons. The highest BCUT2D eigenvalue weighted by Crippen LogP contribution is 2.37. The predicted octanol–water partition coefficient (Wildman–Crippen LogP) is 4.09. The molecule has 4 N–H and O–H groups in total. The Morgan fingerprint density at radius 3 is 1.48 bits per heavy atom. The molecule has 0 saturated carbocycles. The van der Waals surface area contributed by atoms with E-state index in [1.54, 1.807) is 0 Å². The van der Waals surface area contributed by atoms with Gasteiger partial charge in [0.25, 0.3) is 0 Å². The van der Waals surface area contributed by atoms with Crippen molar-refractivity contribution in [2.24, 2.45) is 0 Å². The van der Waals surface area contributed by atoms with Gasteiger partial charge in [0.05, 0.1) is 0 Å². The van der Waals surface area contributed by atoms with E-state index in [2.05, 4.69) is 54.6 Å². The monoisotopic (exact) mass is 325 g/mol. The molecule has 0 fully saturated rings. The van der Waals surface area contributed by atoms with Gasteiger partial charge in [-0.25, -0.2) is 0 Å². The molecule has 0 atom stereocenters. The fraction of sp³-hybridized carbons (Fsp3) is 0. The Bertz CT molecular complexity index is 981. The standard InChI is InChI=1S/C18H13N.H3O3P/c19-17-11-5-10-16-14-7-2-1-6-12(14)13-8-3-4-9-15(13)18(16)17;1-4(2)3/h1-11H,19H2;4H,(H2,1,2,3). The average Bonchev–Trinajstić information content (AvgIpc) is 2.55. The van der Waals surface area contributed by atoms with Gasteiger partial charge in [-0.1, -0.05) is 60.7 Å². The molecule has 0 spiro atoms. The first-order valence-electron chi connectivity index (χ1n) is 7.09. The summed E-state index contributed by atoms with van der Waals surface area (Å²) >= 11 is 0. The van der Waals surface area contributed by atoms with Crippen LogP contribution in [0.4, 0.5) is 5.69 Å². The first kappa shape index (κ1) is 15.5. The van der Waals surface area contributed by atoms with Gasteiger partial charge in [0.1, 0.15) is 0 Å². The summed E-state index contributed by atoms with van der Waals surface area (Å²) in [5.74, 6) is 0. The maximum Gasteiger partial charge on any atom is 0.314 e. The van der Waals surface area contributed by atoms with Crippen LogP contribution in [0, 0.1) is 0 Å². The van der Waals surface area contributed by atoms with Crippen LogP contribution < -0.4 is 5.73 Å². The fourth-order valence-corrected chi connectivity index (χ4v) is 2.98. The van der Waals surface area contributed by atoms with Crippen LogP contribution in [0.25, 0.3) is 32.3 Å². The van der Waals surface area contributed by atoms with E-state index < -0.39 is 8.25 Å². The third-order valence-corrected chi connectivity index (χ3v) is 3.80. The molecule has 4 aromatic carbocycles.